The molecule has 1 N–H and O–H groups in total. The third kappa shape index (κ3) is 4.41. The smallest absolute Gasteiger partial charge is 0.337 e. The number of pyridine rings is 2. The predicted molar refractivity (Wildman–Crippen MR) is 128 cm³/mol. The number of rotatable bonds is 7. The van der Waals surface area contributed by atoms with Crippen LogP contribution in [0.4, 0.5) is 10.2 Å². The number of halogens is 1. The molecule has 6 nitrogen and oxygen atoms in total. The van der Waals surface area contributed by atoms with E-state index < -0.39 is 0 Å². The topological polar surface area (TPSA) is 73.3 Å². The number of methoxy groups -OCH3 is 1. The fraction of sp³-hybridized carbons (Fsp3) is 0.222. The van der Waals surface area contributed by atoms with Gasteiger partial charge in [-0.15, -0.1) is 0 Å². The van der Waals surface area contributed by atoms with Crippen LogP contribution in [0.5, 0.6) is 11.6 Å². The highest BCUT2D eigenvalue weighted by Crippen LogP contribution is 2.45. The number of nitrogens with one attached hydrogen (secondary N) is 1. The Morgan fingerprint density at radius 1 is 1.12 bits per heavy atom. The lowest BCUT2D eigenvalue weighted by Gasteiger charge is -2.19. The van der Waals surface area contributed by atoms with Crippen LogP contribution in [0, 0.1) is 5.82 Å². The summed E-state index contributed by atoms with van der Waals surface area (Å²) in [5, 5.41) is 5.25. The summed E-state index contributed by atoms with van der Waals surface area (Å²) in [5.74, 6) is 1.10. The number of hydrogen-bond donors (Lipinski definition) is 1. The summed E-state index contributed by atoms with van der Waals surface area (Å²) in [5.41, 5.74) is 2.64. The van der Waals surface area contributed by atoms with Gasteiger partial charge in [0.1, 0.15) is 17.4 Å². The molecule has 1 unspecified atom stereocenters. The number of anilines is 1. The molecule has 0 radical (unpaired) electrons. The second-order valence-corrected chi connectivity index (χ2v) is 8.41. The largest absolute Gasteiger partial charge is 0.465 e. The van der Waals surface area contributed by atoms with Crippen molar-refractivity contribution in [2.75, 3.05) is 12.4 Å². The fourth-order valence-electron chi connectivity index (χ4n) is 4.04. The van der Waals surface area contributed by atoms with E-state index in [0.717, 1.165) is 29.2 Å². The molecule has 1 saturated carbocycles. The summed E-state index contributed by atoms with van der Waals surface area (Å²) in [7, 11) is 1.36. The molecule has 2 heterocycles. The van der Waals surface area contributed by atoms with Crippen molar-refractivity contribution < 1.29 is 18.7 Å². The minimum absolute atomic E-state index is 0.114. The average molecular weight is 458 g/mol. The van der Waals surface area contributed by atoms with E-state index in [1.807, 2.05) is 31.3 Å². The highest BCUT2D eigenvalue weighted by molar-refractivity contribution is 5.98. The molecule has 1 aliphatic rings. The van der Waals surface area contributed by atoms with Crippen molar-refractivity contribution in [3.8, 4) is 11.6 Å². The molecule has 2 aromatic heterocycles. The number of aromatic nitrogens is 2. The van der Waals surface area contributed by atoms with Gasteiger partial charge in [0.25, 0.3) is 0 Å². The Balaban J connectivity index is 1.52. The molecule has 7 heteroatoms. The molecule has 172 valence electrons. The maximum atomic E-state index is 13.7. The Hall–Kier alpha value is -4.00. The first-order valence-corrected chi connectivity index (χ1v) is 11.2. The Morgan fingerprint density at radius 3 is 2.62 bits per heavy atom. The molecule has 0 spiro atoms. The van der Waals surface area contributed by atoms with Crippen molar-refractivity contribution in [3.63, 3.8) is 0 Å². The number of hydrogen-bond acceptors (Lipinski definition) is 6. The van der Waals surface area contributed by atoms with Gasteiger partial charge >= 0.3 is 5.97 Å². The van der Waals surface area contributed by atoms with Gasteiger partial charge in [0.2, 0.25) is 5.88 Å². The number of ether oxygens (including phenoxy) is 2. The Bertz CT molecular complexity index is 1350. The quantitative estimate of drug-likeness (QED) is 0.324. The number of nitrogens with zero attached hydrogens (tertiary/aromatic N) is 2. The highest BCUT2D eigenvalue weighted by Gasteiger charge is 2.28. The molecule has 0 saturated heterocycles. The zero-order chi connectivity index (χ0) is 23.7. The van der Waals surface area contributed by atoms with Crippen LogP contribution >= 0.6 is 0 Å². The molecular weight excluding hydrogens is 433 g/mol. The second kappa shape index (κ2) is 9.09. The van der Waals surface area contributed by atoms with E-state index in [-0.39, 0.29) is 17.8 Å². The minimum atomic E-state index is -0.378. The second-order valence-electron chi connectivity index (χ2n) is 8.41. The van der Waals surface area contributed by atoms with Crippen LogP contribution in [0.15, 0.2) is 67.0 Å². The van der Waals surface area contributed by atoms with Crippen molar-refractivity contribution in [2.24, 2.45) is 0 Å². The van der Waals surface area contributed by atoms with Gasteiger partial charge in [0.15, 0.2) is 0 Å². The Morgan fingerprint density at radius 2 is 1.91 bits per heavy atom. The molecular formula is C27H24FN3O3. The van der Waals surface area contributed by atoms with E-state index in [9.17, 15) is 9.18 Å². The standard InChI is InChI=1S/C27H24FN3O3/c1-16(17-6-10-19(11-7-17)27(32)33-2)31-25-24-22(23(15-30-25)18-8-9-18)12-13-29-26(24)34-21-5-3-4-20(28)14-21/h3-7,10-16,18H,8-9H2,1-2H3,(H,30,31). The van der Waals surface area contributed by atoms with Crippen LogP contribution in [0.2, 0.25) is 0 Å². The number of fused-ring (bicyclic) bond motifs is 1. The maximum absolute atomic E-state index is 13.7. The van der Waals surface area contributed by atoms with E-state index >= 15 is 0 Å². The molecule has 2 aromatic carbocycles. The summed E-state index contributed by atoms with van der Waals surface area (Å²) >= 11 is 0. The number of carbonyl (C=O) groups is 1. The fourth-order valence-corrected chi connectivity index (χ4v) is 4.04. The van der Waals surface area contributed by atoms with Gasteiger partial charge in [-0.25, -0.2) is 19.2 Å². The van der Waals surface area contributed by atoms with Gasteiger partial charge in [-0.2, -0.15) is 0 Å². The Labute approximate surface area is 196 Å². The van der Waals surface area contributed by atoms with Crippen molar-refractivity contribution in [3.05, 3.63) is 89.5 Å². The SMILES string of the molecule is COC(=O)c1ccc(C(C)Nc2ncc(C3CC3)c3ccnc(Oc4cccc(F)c4)c23)cc1. The van der Waals surface area contributed by atoms with Crippen LogP contribution < -0.4 is 10.1 Å². The van der Waals surface area contributed by atoms with E-state index in [1.165, 1.54) is 24.8 Å². The first kappa shape index (κ1) is 21.8. The summed E-state index contributed by atoms with van der Waals surface area (Å²) in [6.45, 7) is 2.01. The predicted octanol–water partition coefficient (Wildman–Crippen LogP) is 6.40. The van der Waals surface area contributed by atoms with Gasteiger partial charge in [-0.3, -0.25) is 0 Å². The molecule has 1 aliphatic carbocycles. The van der Waals surface area contributed by atoms with Crippen molar-refractivity contribution in [1.29, 1.82) is 0 Å². The van der Waals surface area contributed by atoms with E-state index in [2.05, 4.69) is 10.3 Å². The summed E-state index contributed by atoms with van der Waals surface area (Å²) in [6, 6.07) is 15.1. The lowest BCUT2D eigenvalue weighted by atomic mass is 10.0. The van der Waals surface area contributed by atoms with Gasteiger partial charge in [-0.1, -0.05) is 18.2 Å². The van der Waals surface area contributed by atoms with E-state index in [1.54, 1.807) is 30.5 Å². The molecule has 0 bridgehead atoms. The molecule has 4 aromatic rings. The zero-order valence-electron chi connectivity index (χ0n) is 18.9. The average Bonchev–Trinajstić information content (AvgIpc) is 3.69. The lowest BCUT2D eigenvalue weighted by molar-refractivity contribution is 0.0600. The normalized spacial score (nSPS) is 14.0. The van der Waals surface area contributed by atoms with Crippen molar-refractivity contribution in [2.45, 2.75) is 31.7 Å². The van der Waals surface area contributed by atoms with Crippen LogP contribution in [-0.2, 0) is 4.74 Å². The monoisotopic (exact) mass is 457 g/mol. The van der Waals surface area contributed by atoms with E-state index in [0.29, 0.717) is 28.9 Å². The highest BCUT2D eigenvalue weighted by atomic mass is 19.1. The molecule has 1 fully saturated rings. The van der Waals surface area contributed by atoms with Crippen molar-refractivity contribution in [1.82, 2.24) is 9.97 Å². The molecule has 1 atom stereocenters. The number of esters is 1. The first-order valence-electron chi connectivity index (χ1n) is 11.2. The number of benzene rings is 2. The third-order valence-electron chi connectivity index (χ3n) is 6.01. The Kier molecular flexibility index (Phi) is 5.84. The van der Waals surface area contributed by atoms with Gasteiger partial charge < -0.3 is 14.8 Å². The molecule has 34 heavy (non-hydrogen) atoms. The maximum Gasteiger partial charge on any atom is 0.337 e. The third-order valence-corrected chi connectivity index (χ3v) is 6.01. The van der Waals surface area contributed by atoms with Crippen LogP contribution in [0.3, 0.4) is 0 Å². The van der Waals surface area contributed by atoms with Gasteiger partial charge in [-0.05, 0) is 72.5 Å². The van der Waals surface area contributed by atoms with Crippen molar-refractivity contribution >= 4 is 22.6 Å². The van der Waals surface area contributed by atoms with Gasteiger partial charge in [0, 0.05) is 24.5 Å². The van der Waals surface area contributed by atoms with Crippen LogP contribution in [0.25, 0.3) is 10.8 Å². The van der Waals surface area contributed by atoms with Crippen LogP contribution in [0.1, 0.15) is 53.2 Å². The first-order chi connectivity index (χ1) is 16.5. The summed E-state index contributed by atoms with van der Waals surface area (Å²) in [4.78, 5) is 20.9. The molecule has 0 aliphatic heterocycles. The summed E-state index contributed by atoms with van der Waals surface area (Å²) < 4.78 is 24.6. The van der Waals surface area contributed by atoms with E-state index in [4.69, 9.17) is 14.5 Å². The molecule has 5 rings (SSSR count). The molecule has 0 amide bonds. The zero-order valence-corrected chi connectivity index (χ0v) is 18.9. The van der Waals surface area contributed by atoms with Crippen LogP contribution in [-0.4, -0.2) is 23.0 Å². The summed E-state index contributed by atoms with van der Waals surface area (Å²) in [6.07, 6.45) is 5.90. The lowest BCUT2D eigenvalue weighted by Crippen LogP contribution is -2.10. The number of carbonyl (C=O) groups excluding carboxylic acids is 1. The van der Waals surface area contributed by atoms with Gasteiger partial charge in [0.05, 0.1) is 18.1 Å². The minimum Gasteiger partial charge on any atom is -0.465 e.